The van der Waals surface area contributed by atoms with Crippen LogP contribution >= 0.6 is 0 Å². The average molecular weight is 359 g/mol. The van der Waals surface area contributed by atoms with Gasteiger partial charge in [-0.05, 0) is 47.6 Å². The van der Waals surface area contributed by atoms with Gasteiger partial charge in [-0.15, -0.1) is 0 Å². The minimum Gasteiger partial charge on any atom is -0.349 e. The standard InChI is InChI=1S/C24H22FNO/c25-20-13-11-18(12-14-20)21-16-22(21)24(27)26-23(19-9-5-2-6-10-19)15-17-7-3-1-4-8-17/h1-14,21-23H,15-16H2,(H,26,27). The van der Waals surface area contributed by atoms with Gasteiger partial charge in [0.25, 0.3) is 0 Å². The third-order valence-corrected chi connectivity index (χ3v) is 5.23. The molecule has 0 bridgehead atoms. The topological polar surface area (TPSA) is 29.1 Å². The second-order valence-electron chi connectivity index (χ2n) is 7.16. The zero-order valence-corrected chi connectivity index (χ0v) is 15.0. The van der Waals surface area contributed by atoms with E-state index in [-0.39, 0.29) is 29.6 Å². The SMILES string of the molecule is O=C(NC(Cc1ccccc1)c1ccccc1)C1CC1c1ccc(F)cc1. The van der Waals surface area contributed by atoms with Crippen LogP contribution in [-0.4, -0.2) is 5.91 Å². The highest BCUT2D eigenvalue weighted by atomic mass is 19.1. The van der Waals surface area contributed by atoms with E-state index in [1.54, 1.807) is 12.1 Å². The first kappa shape index (κ1) is 17.5. The molecule has 0 heterocycles. The van der Waals surface area contributed by atoms with Crippen LogP contribution in [0.25, 0.3) is 0 Å². The second kappa shape index (κ2) is 7.75. The Morgan fingerprint density at radius 2 is 1.56 bits per heavy atom. The summed E-state index contributed by atoms with van der Waals surface area (Å²) in [7, 11) is 0. The Morgan fingerprint density at radius 3 is 2.22 bits per heavy atom. The van der Waals surface area contributed by atoms with Gasteiger partial charge in [-0.3, -0.25) is 4.79 Å². The van der Waals surface area contributed by atoms with Gasteiger partial charge in [-0.1, -0.05) is 72.8 Å². The maximum atomic E-state index is 13.1. The summed E-state index contributed by atoms with van der Waals surface area (Å²) in [5.74, 6) is -0.00212. The van der Waals surface area contributed by atoms with Gasteiger partial charge in [0.05, 0.1) is 6.04 Å². The van der Waals surface area contributed by atoms with Crippen molar-refractivity contribution in [3.05, 3.63) is 107 Å². The van der Waals surface area contributed by atoms with E-state index in [1.165, 1.54) is 17.7 Å². The van der Waals surface area contributed by atoms with Gasteiger partial charge >= 0.3 is 0 Å². The van der Waals surface area contributed by atoms with Crippen molar-refractivity contribution in [1.29, 1.82) is 0 Å². The maximum absolute atomic E-state index is 13.1. The zero-order chi connectivity index (χ0) is 18.6. The molecule has 0 aliphatic heterocycles. The number of nitrogens with one attached hydrogen (secondary N) is 1. The van der Waals surface area contributed by atoms with Gasteiger partial charge in [0.2, 0.25) is 5.91 Å². The molecule has 0 radical (unpaired) electrons. The third-order valence-electron chi connectivity index (χ3n) is 5.23. The van der Waals surface area contributed by atoms with Crippen LogP contribution in [0.2, 0.25) is 0 Å². The molecule has 4 rings (SSSR count). The van der Waals surface area contributed by atoms with Crippen molar-refractivity contribution >= 4 is 5.91 Å². The number of carbonyl (C=O) groups is 1. The lowest BCUT2D eigenvalue weighted by molar-refractivity contribution is -0.123. The van der Waals surface area contributed by atoms with Crippen LogP contribution in [0.3, 0.4) is 0 Å². The first-order chi connectivity index (χ1) is 13.2. The molecular formula is C24H22FNO. The van der Waals surface area contributed by atoms with Crippen molar-refractivity contribution in [2.45, 2.75) is 24.8 Å². The number of hydrogen-bond donors (Lipinski definition) is 1. The fourth-order valence-electron chi connectivity index (χ4n) is 3.63. The lowest BCUT2D eigenvalue weighted by Gasteiger charge is -2.20. The summed E-state index contributed by atoms with van der Waals surface area (Å²) in [5, 5.41) is 3.24. The van der Waals surface area contributed by atoms with Crippen molar-refractivity contribution in [2.24, 2.45) is 5.92 Å². The lowest BCUT2D eigenvalue weighted by atomic mass is 9.98. The number of carbonyl (C=O) groups excluding carboxylic acids is 1. The maximum Gasteiger partial charge on any atom is 0.224 e. The smallest absolute Gasteiger partial charge is 0.224 e. The van der Waals surface area contributed by atoms with Gasteiger partial charge in [-0.2, -0.15) is 0 Å². The van der Waals surface area contributed by atoms with Crippen molar-refractivity contribution in [1.82, 2.24) is 5.32 Å². The molecule has 0 aromatic heterocycles. The van der Waals surface area contributed by atoms with Crippen molar-refractivity contribution in [3.63, 3.8) is 0 Å². The molecule has 1 amide bonds. The quantitative estimate of drug-likeness (QED) is 0.657. The summed E-state index contributed by atoms with van der Waals surface area (Å²) in [6.45, 7) is 0. The van der Waals surface area contributed by atoms with E-state index < -0.39 is 0 Å². The van der Waals surface area contributed by atoms with Crippen LogP contribution in [0, 0.1) is 11.7 Å². The highest BCUT2D eigenvalue weighted by molar-refractivity contribution is 5.83. The summed E-state index contributed by atoms with van der Waals surface area (Å²) >= 11 is 0. The molecule has 27 heavy (non-hydrogen) atoms. The van der Waals surface area contributed by atoms with Crippen molar-refractivity contribution in [3.8, 4) is 0 Å². The third kappa shape index (κ3) is 4.25. The summed E-state index contributed by atoms with van der Waals surface area (Å²) in [4.78, 5) is 12.8. The fourth-order valence-corrected chi connectivity index (χ4v) is 3.63. The summed E-state index contributed by atoms with van der Waals surface area (Å²) in [5.41, 5.74) is 3.34. The van der Waals surface area contributed by atoms with E-state index in [1.807, 2.05) is 36.4 Å². The van der Waals surface area contributed by atoms with Gasteiger partial charge in [0.15, 0.2) is 0 Å². The van der Waals surface area contributed by atoms with Crippen LogP contribution in [-0.2, 0) is 11.2 Å². The Bertz CT molecular complexity index is 893. The van der Waals surface area contributed by atoms with Crippen LogP contribution in [0.5, 0.6) is 0 Å². The van der Waals surface area contributed by atoms with E-state index in [2.05, 4.69) is 29.6 Å². The fraction of sp³-hybridized carbons (Fsp3) is 0.208. The molecule has 1 N–H and O–H groups in total. The van der Waals surface area contributed by atoms with Gasteiger partial charge < -0.3 is 5.32 Å². The molecule has 0 saturated heterocycles. The minimum absolute atomic E-state index is 0.0301. The Morgan fingerprint density at radius 1 is 0.926 bits per heavy atom. The molecule has 3 aromatic carbocycles. The molecule has 1 saturated carbocycles. The van der Waals surface area contributed by atoms with Gasteiger partial charge in [-0.25, -0.2) is 4.39 Å². The van der Waals surface area contributed by atoms with Crippen LogP contribution in [0.1, 0.15) is 35.1 Å². The normalized spacial score (nSPS) is 19.3. The Labute approximate surface area is 159 Å². The zero-order valence-electron chi connectivity index (χ0n) is 15.0. The van der Waals surface area contributed by atoms with E-state index >= 15 is 0 Å². The number of benzene rings is 3. The van der Waals surface area contributed by atoms with Crippen LogP contribution < -0.4 is 5.32 Å². The second-order valence-corrected chi connectivity index (χ2v) is 7.16. The Hall–Kier alpha value is -2.94. The van der Waals surface area contributed by atoms with Crippen molar-refractivity contribution < 1.29 is 9.18 Å². The molecule has 3 aromatic rings. The summed E-state index contributed by atoms with van der Waals surface area (Å²) < 4.78 is 13.1. The first-order valence-corrected chi connectivity index (χ1v) is 9.35. The van der Waals surface area contributed by atoms with Crippen molar-refractivity contribution in [2.75, 3.05) is 0 Å². The van der Waals surface area contributed by atoms with Crippen LogP contribution in [0.4, 0.5) is 4.39 Å². The number of amides is 1. The van der Waals surface area contributed by atoms with E-state index in [4.69, 9.17) is 0 Å². The van der Waals surface area contributed by atoms with E-state index in [9.17, 15) is 9.18 Å². The van der Waals surface area contributed by atoms with Gasteiger partial charge in [0.1, 0.15) is 5.82 Å². The molecule has 3 atom stereocenters. The molecule has 3 unspecified atom stereocenters. The summed E-state index contributed by atoms with van der Waals surface area (Å²) in [6.07, 6.45) is 1.58. The highest BCUT2D eigenvalue weighted by Gasteiger charge is 2.44. The minimum atomic E-state index is -0.243. The number of hydrogen-bond acceptors (Lipinski definition) is 1. The average Bonchev–Trinajstić information content (AvgIpc) is 3.50. The number of rotatable bonds is 6. The Kier molecular flexibility index (Phi) is 5.01. The molecule has 0 spiro atoms. The lowest BCUT2D eigenvalue weighted by Crippen LogP contribution is -2.31. The molecule has 1 fully saturated rings. The Balaban J connectivity index is 1.47. The monoisotopic (exact) mass is 359 g/mol. The molecule has 136 valence electrons. The molecule has 1 aliphatic carbocycles. The first-order valence-electron chi connectivity index (χ1n) is 9.35. The van der Waals surface area contributed by atoms with Gasteiger partial charge in [0, 0.05) is 5.92 Å². The highest BCUT2D eigenvalue weighted by Crippen LogP contribution is 2.47. The predicted molar refractivity (Wildman–Crippen MR) is 105 cm³/mol. The predicted octanol–water partition coefficient (Wildman–Crippen LogP) is 5.03. The summed E-state index contributed by atoms with van der Waals surface area (Å²) in [6, 6.07) is 26.7. The van der Waals surface area contributed by atoms with E-state index in [0.717, 1.165) is 24.0 Å². The van der Waals surface area contributed by atoms with Crippen LogP contribution in [0.15, 0.2) is 84.9 Å². The molecule has 2 nitrogen and oxygen atoms in total. The molecular weight excluding hydrogens is 337 g/mol. The number of halogens is 1. The van der Waals surface area contributed by atoms with E-state index in [0.29, 0.717) is 0 Å². The largest absolute Gasteiger partial charge is 0.349 e. The molecule has 3 heteroatoms. The molecule has 1 aliphatic rings.